The van der Waals surface area contributed by atoms with Gasteiger partial charge in [-0.25, -0.2) is 0 Å². The number of fused-ring (bicyclic) bond motifs is 3. The molecule has 0 spiro atoms. The fourth-order valence-corrected chi connectivity index (χ4v) is 6.00. The molecule has 0 fully saturated rings. The maximum absolute atomic E-state index is 13.2. The minimum atomic E-state index is -3.92. The number of ether oxygens (including phenoxy) is 1. The van der Waals surface area contributed by atoms with Crippen molar-refractivity contribution in [2.75, 3.05) is 11.9 Å². The molecule has 0 bridgehead atoms. The Morgan fingerprint density at radius 2 is 1.89 bits per heavy atom. The van der Waals surface area contributed by atoms with Gasteiger partial charge in [0.25, 0.3) is 10.1 Å². The average molecular weight is 504 g/mol. The number of benzene rings is 2. The number of rotatable bonds is 6. The Morgan fingerprint density at radius 1 is 1.11 bits per heavy atom. The first-order valence-electron chi connectivity index (χ1n) is 12.5. The first-order valence-corrected chi connectivity index (χ1v) is 13.9. The number of nitrogens with one attached hydrogen (secondary N) is 1. The van der Waals surface area contributed by atoms with Gasteiger partial charge in [-0.05, 0) is 68.7 Å². The Morgan fingerprint density at radius 3 is 2.64 bits per heavy atom. The molecule has 2 aliphatic heterocycles. The van der Waals surface area contributed by atoms with Crippen LogP contribution in [0.3, 0.4) is 0 Å². The summed E-state index contributed by atoms with van der Waals surface area (Å²) in [6.07, 6.45) is 12.3. The molecule has 0 saturated heterocycles. The van der Waals surface area contributed by atoms with Crippen molar-refractivity contribution in [3.05, 3.63) is 88.0 Å². The molecule has 2 heterocycles. The fourth-order valence-electron chi connectivity index (χ4n) is 4.94. The van der Waals surface area contributed by atoms with Gasteiger partial charge in [0.1, 0.15) is 18.5 Å². The van der Waals surface area contributed by atoms with Crippen molar-refractivity contribution in [3.8, 4) is 5.75 Å². The number of hydrogen-bond acceptors (Lipinski definition) is 5. The smallest absolute Gasteiger partial charge is 0.297 e. The minimum absolute atomic E-state index is 0.111. The van der Waals surface area contributed by atoms with Crippen molar-refractivity contribution in [2.45, 2.75) is 63.5 Å². The van der Waals surface area contributed by atoms with Gasteiger partial charge >= 0.3 is 0 Å². The monoisotopic (exact) mass is 503 g/mol. The topological polar surface area (TPSA) is 64.6 Å². The highest BCUT2D eigenvalue weighted by atomic mass is 32.2. The Bertz CT molecular complexity index is 1410. The zero-order valence-corrected chi connectivity index (χ0v) is 22.1. The second-order valence-corrected chi connectivity index (χ2v) is 11.9. The normalized spacial score (nSPS) is 20.2. The van der Waals surface area contributed by atoms with Crippen LogP contribution in [0.4, 0.5) is 5.69 Å². The van der Waals surface area contributed by atoms with E-state index >= 15 is 0 Å². The Hall–Kier alpha value is -3.09. The average Bonchev–Trinajstić information content (AvgIpc) is 2.83. The second kappa shape index (κ2) is 9.41. The standard InChI is InChI=1S/C30H33NO4S/c1-5-6-21-9-13-25(28(17-21)35-36(32,33)24-11-7-20(2)8-12-24)23-18-22-10-14-27-26(29(22)34-19-23)15-16-30(3,4)31-27/h7-16,18,28,31H,5-6,17,19H2,1-4H3. The Kier molecular flexibility index (Phi) is 6.43. The lowest BCUT2D eigenvalue weighted by atomic mass is 9.87. The molecule has 0 amide bonds. The maximum Gasteiger partial charge on any atom is 0.297 e. The molecule has 2 aromatic carbocycles. The molecule has 1 aliphatic carbocycles. The number of allylic oxidation sites excluding steroid dienone is 2. The Balaban J connectivity index is 1.48. The number of anilines is 1. The molecule has 1 atom stereocenters. The van der Waals surface area contributed by atoms with E-state index in [9.17, 15) is 8.42 Å². The second-order valence-electron chi connectivity index (χ2n) is 10.3. The van der Waals surface area contributed by atoms with E-state index < -0.39 is 16.2 Å². The molecule has 188 valence electrons. The molecule has 0 saturated carbocycles. The summed E-state index contributed by atoms with van der Waals surface area (Å²) in [5.41, 5.74) is 6.93. The zero-order valence-electron chi connectivity index (χ0n) is 21.3. The first kappa shape index (κ1) is 24.6. The van der Waals surface area contributed by atoms with Gasteiger partial charge in [0.15, 0.2) is 0 Å². The number of hydrogen-bond donors (Lipinski definition) is 1. The molecule has 5 nitrogen and oxygen atoms in total. The van der Waals surface area contributed by atoms with Crippen LogP contribution < -0.4 is 10.1 Å². The summed E-state index contributed by atoms with van der Waals surface area (Å²) in [4.78, 5) is 0.173. The van der Waals surface area contributed by atoms with Crippen molar-refractivity contribution in [1.29, 1.82) is 0 Å². The highest BCUT2D eigenvalue weighted by molar-refractivity contribution is 7.86. The van der Waals surface area contributed by atoms with E-state index in [4.69, 9.17) is 8.92 Å². The zero-order chi connectivity index (χ0) is 25.5. The summed E-state index contributed by atoms with van der Waals surface area (Å²) in [7, 11) is -3.92. The van der Waals surface area contributed by atoms with E-state index in [0.29, 0.717) is 13.0 Å². The molecule has 3 aliphatic rings. The van der Waals surface area contributed by atoms with E-state index in [2.05, 4.69) is 62.5 Å². The summed E-state index contributed by atoms with van der Waals surface area (Å²) in [6.45, 7) is 8.67. The molecule has 5 rings (SSSR count). The van der Waals surface area contributed by atoms with Crippen LogP contribution >= 0.6 is 0 Å². The van der Waals surface area contributed by atoms with Crippen LogP contribution in [0.2, 0.25) is 0 Å². The summed E-state index contributed by atoms with van der Waals surface area (Å²) < 4.78 is 38.5. The summed E-state index contributed by atoms with van der Waals surface area (Å²) in [5.74, 6) is 0.846. The largest absolute Gasteiger partial charge is 0.488 e. The van der Waals surface area contributed by atoms with E-state index in [0.717, 1.165) is 52.1 Å². The highest BCUT2D eigenvalue weighted by Crippen LogP contribution is 2.42. The third-order valence-electron chi connectivity index (χ3n) is 6.84. The van der Waals surface area contributed by atoms with Gasteiger partial charge in [-0.2, -0.15) is 8.42 Å². The molecular formula is C30H33NO4S. The van der Waals surface area contributed by atoms with E-state index in [1.165, 1.54) is 5.57 Å². The van der Waals surface area contributed by atoms with Crippen LogP contribution in [0.25, 0.3) is 12.2 Å². The molecule has 1 unspecified atom stereocenters. The van der Waals surface area contributed by atoms with Crippen LogP contribution in [0.15, 0.2) is 76.2 Å². The van der Waals surface area contributed by atoms with Gasteiger partial charge in [-0.1, -0.05) is 60.9 Å². The molecule has 2 aromatic rings. The van der Waals surface area contributed by atoms with Crippen LogP contribution in [-0.4, -0.2) is 26.7 Å². The lowest BCUT2D eigenvalue weighted by Crippen LogP contribution is -2.31. The van der Waals surface area contributed by atoms with E-state index in [1.807, 2.05) is 13.0 Å². The van der Waals surface area contributed by atoms with Crippen molar-refractivity contribution >= 4 is 28.0 Å². The van der Waals surface area contributed by atoms with E-state index in [1.54, 1.807) is 24.3 Å². The number of aryl methyl sites for hydroxylation is 1. The van der Waals surface area contributed by atoms with Gasteiger partial charge in [0.05, 0.1) is 10.4 Å². The van der Waals surface area contributed by atoms with E-state index in [-0.39, 0.29) is 10.4 Å². The third kappa shape index (κ3) is 4.93. The predicted molar refractivity (Wildman–Crippen MR) is 146 cm³/mol. The molecule has 36 heavy (non-hydrogen) atoms. The molecule has 0 radical (unpaired) electrons. The van der Waals surface area contributed by atoms with Gasteiger partial charge in [-0.15, -0.1) is 0 Å². The van der Waals surface area contributed by atoms with Crippen LogP contribution in [-0.2, 0) is 14.3 Å². The molecule has 1 N–H and O–H groups in total. The van der Waals surface area contributed by atoms with Gasteiger partial charge in [0.2, 0.25) is 0 Å². The quantitative estimate of drug-likeness (QED) is 0.438. The van der Waals surface area contributed by atoms with Crippen molar-refractivity contribution < 1.29 is 17.3 Å². The van der Waals surface area contributed by atoms with Crippen LogP contribution in [0.1, 0.15) is 56.7 Å². The van der Waals surface area contributed by atoms with Crippen LogP contribution in [0, 0.1) is 6.92 Å². The fraction of sp³-hybridized carbons (Fsp3) is 0.333. The molecule has 0 aromatic heterocycles. The van der Waals surface area contributed by atoms with Gasteiger partial charge < -0.3 is 10.1 Å². The Labute approximate surface area is 214 Å². The SMILES string of the molecule is CCCC1=CC=C(C2=Cc3ccc4c(c3OC2)C=CC(C)(C)N4)C(OS(=O)(=O)c2ccc(C)cc2)C1. The van der Waals surface area contributed by atoms with Gasteiger partial charge in [0, 0.05) is 23.2 Å². The predicted octanol–water partition coefficient (Wildman–Crippen LogP) is 6.82. The van der Waals surface area contributed by atoms with Crippen molar-refractivity contribution in [2.24, 2.45) is 0 Å². The van der Waals surface area contributed by atoms with Crippen molar-refractivity contribution in [1.82, 2.24) is 0 Å². The molecule has 6 heteroatoms. The lowest BCUT2D eigenvalue weighted by Gasteiger charge is -2.32. The first-order chi connectivity index (χ1) is 17.1. The van der Waals surface area contributed by atoms with Gasteiger partial charge in [-0.3, -0.25) is 4.18 Å². The maximum atomic E-state index is 13.2. The highest BCUT2D eigenvalue weighted by Gasteiger charge is 2.31. The lowest BCUT2D eigenvalue weighted by molar-refractivity contribution is 0.238. The third-order valence-corrected chi connectivity index (χ3v) is 8.17. The van der Waals surface area contributed by atoms with Crippen LogP contribution in [0.5, 0.6) is 5.75 Å². The summed E-state index contributed by atoms with van der Waals surface area (Å²) in [6, 6.07) is 10.9. The summed E-state index contributed by atoms with van der Waals surface area (Å²) >= 11 is 0. The summed E-state index contributed by atoms with van der Waals surface area (Å²) in [5, 5.41) is 3.54. The molecular weight excluding hydrogens is 470 g/mol. The van der Waals surface area contributed by atoms with Crippen molar-refractivity contribution in [3.63, 3.8) is 0 Å². The minimum Gasteiger partial charge on any atom is -0.488 e.